The van der Waals surface area contributed by atoms with Crippen LogP contribution in [-0.4, -0.2) is 39.5 Å². The molecule has 0 unspecified atom stereocenters. The van der Waals surface area contributed by atoms with Gasteiger partial charge in [-0.1, -0.05) is 77.2 Å². The van der Waals surface area contributed by atoms with Crippen LogP contribution in [0.4, 0.5) is 4.79 Å². The number of unbranched alkanes of at least 4 members (excludes halogenated alkanes) is 11. The van der Waals surface area contributed by atoms with Crippen molar-refractivity contribution >= 4 is 16.2 Å². The maximum atomic E-state index is 11.4. The molecule has 0 aliphatic carbocycles. The largest absolute Gasteiger partial charge is 0.440 e. The molecule has 0 aromatic carbocycles. The Balaban J connectivity index is 2.04. The highest BCUT2D eigenvalue weighted by Gasteiger charge is 2.33. The minimum absolute atomic E-state index is 0.113. The summed E-state index contributed by atoms with van der Waals surface area (Å²) in [6.07, 6.45) is 19.2. The Morgan fingerprint density at radius 2 is 1.56 bits per heavy atom. The molecule has 0 aromatic rings. The molecule has 1 rings (SSSR count). The van der Waals surface area contributed by atoms with Crippen molar-refractivity contribution in [3.63, 3.8) is 0 Å². The van der Waals surface area contributed by atoms with Gasteiger partial charge in [0.1, 0.15) is 6.10 Å². The Labute approximate surface area is 165 Å². The van der Waals surface area contributed by atoms with E-state index in [1.165, 1.54) is 64.2 Å². The van der Waals surface area contributed by atoms with Crippen molar-refractivity contribution < 1.29 is 22.1 Å². The van der Waals surface area contributed by atoms with Crippen molar-refractivity contribution in [1.82, 2.24) is 5.32 Å². The van der Waals surface area contributed by atoms with E-state index in [1.807, 2.05) is 12.2 Å². The Hall–Kier alpha value is -1.08. The molecule has 158 valence electrons. The van der Waals surface area contributed by atoms with E-state index in [1.54, 1.807) is 0 Å². The standard InChI is InChI=1S/C20H37NO5S/c1-3-4-5-6-7-8-9-10-11-12-13-14-15-16-19-18(21-20(22)26-19)17-25-27(2,23)24/h15-16,18-19H,3-14,17H2,1-2H3,(H,21,22)/b16-15+/t18-,19-/m0/s1. The van der Waals surface area contributed by atoms with Gasteiger partial charge in [0.25, 0.3) is 10.1 Å². The fourth-order valence-corrected chi connectivity index (χ4v) is 3.53. The summed E-state index contributed by atoms with van der Waals surface area (Å²) in [5.74, 6) is 0. The molecule has 27 heavy (non-hydrogen) atoms. The van der Waals surface area contributed by atoms with Gasteiger partial charge in [0, 0.05) is 0 Å². The molecule has 1 heterocycles. The van der Waals surface area contributed by atoms with Crippen LogP contribution in [0.5, 0.6) is 0 Å². The molecule has 0 saturated carbocycles. The van der Waals surface area contributed by atoms with Crippen LogP contribution < -0.4 is 5.32 Å². The summed E-state index contributed by atoms with van der Waals surface area (Å²) in [4.78, 5) is 11.4. The van der Waals surface area contributed by atoms with Gasteiger partial charge in [-0.2, -0.15) is 8.42 Å². The summed E-state index contributed by atoms with van der Waals surface area (Å²) in [6, 6.07) is -0.471. The van der Waals surface area contributed by atoms with Crippen molar-refractivity contribution in [3.8, 4) is 0 Å². The van der Waals surface area contributed by atoms with E-state index in [-0.39, 0.29) is 6.61 Å². The van der Waals surface area contributed by atoms with Gasteiger partial charge < -0.3 is 10.1 Å². The van der Waals surface area contributed by atoms with Gasteiger partial charge in [-0.05, 0) is 18.9 Å². The Morgan fingerprint density at radius 3 is 2.11 bits per heavy atom. The highest BCUT2D eigenvalue weighted by molar-refractivity contribution is 7.85. The molecule has 6 nitrogen and oxygen atoms in total. The lowest BCUT2D eigenvalue weighted by Crippen LogP contribution is -2.36. The summed E-state index contributed by atoms with van der Waals surface area (Å²) in [5.41, 5.74) is 0. The van der Waals surface area contributed by atoms with Crippen LogP contribution in [0.3, 0.4) is 0 Å². The number of amides is 1. The van der Waals surface area contributed by atoms with Crippen LogP contribution in [0.15, 0.2) is 12.2 Å². The molecular weight excluding hydrogens is 366 g/mol. The molecule has 0 bridgehead atoms. The molecule has 2 atom stereocenters. The smallest absolute Gasteiger partial charge is 0.408 e. The fourth-order valence-electron chi connectivity index (χ4n) is 3.14. The average Bonchev–Trinajstić information content (AvgIpc) is 2.96. The molecule has 1 saturated heterocycles. The van der Waals surface area contributed by atoms with Gasteiger partial charge in [0.2, 0.25) is 0 Å². The first kappa shape index (κ1) is 24.0. The average molecular weight is 404 g/mol. The lowest BCUT2D eigenvalue weighted by atomic mass is 10.0. The number of rotatable bonds is 16. The first-order chi connectivity index (χ1) is 12.9. The van der Waals surface area contributed by atoms with Gasteiger partial charge in [-0.3, -0.25) is 4.18 Å². The van der Waals surface area contributed by atoms with Gasteiger partial charge in [-0.25, -0.2) is 4.79 Å². The van der Waals surface area contributed by atoms with E-state index in [2.05, 4.69) is 12.2 Å². The first-order valence-electron chi connectivity index (χ1n) is 10.4. The van der Waals surface area contributed by atoms with E-state index in [9.17, 15) is 13.2 Å². The minimum Gasteiger partial charge on any atom is -0.440 e. The predicted octanol–water partition coefficient (Wildman–Crippen LogP) is 4.70. The monoisotopic (exact) mass is 403 g/mol. The van der Waals surface area contributed by atoms with Crippen LogP contribution in [-0.2, 0) is 19.0 Å². The van der Waals surface area contributed by atoms with Gasteiger partial charge >= 0.3 is 6.09 Å². The van der Waals surface area contributed by atoms with E-state index < -0.39 is 28.4 Å². The van der Waals surface area contributed by atoms with Crippen LogP contribution in [0.1, 0.15) is 84.0 Å². The van der Waals surface area contributed by atoms with E-state index in [0.717, 1.165) is 19.1 Å². The van der Waals surface area contributed by atoms with Crippen molar-refractivity contribution in [2.75, 3.05) is 12.9 Å². The quantitative estimate of drug-likeness (QED) is 0.229. The van der Waals surface area contributed by atoms with Gasteiger partial charge in [-0.15, -0.1) is 0 Å². The number of allylic oxidation sites excluding steroid dienone is 1. The van der Waals surface area contributed by atoms with Gasteiger partial charge in [0.05, 0.1) is 18.9 Å². The molecule has 0 aromatic heterocycles. The highest BCUT2D eigenvalue weighted by atomic mass is 32.2. The number of carbonyl (C=O) groups is 1. The highest BCUT2D eigenvalue weighted by Crippen LogP contribution is 2.14. The van der Waals surface area contributed by atoms with Gasteiger partial charge in [0.15, 0.2) is 0 Å². The molecule has 0 radical (unpaired) electrons. The van der Waals surface area contributed by atoms with Crippen molar-refractivity contribution in [2.24, 2.45) is 0 Å². The normalized spacial score (nSPS) is 20.1. The summed E-state index contributed by atoms with van der Waals surface area (Å²) < 4.78 is 32.0. The third-order valence-electron chi connectivity index (χ3n) is 4.70. The molecule has 7 heteroatoms. The third-order valence-corrected chi connectivity index (χ3v) is 5.27. The lowest BCUT2D eigenvalue weighted by Gasteiger charge is -2.12. The van der Waals surface area contributed by atoms with Crippen LogP contribution in [0.2, 0.25) is 0 Å². The first-order valence-corrected chi connectivity index (χ1v) is 12.2. The second-order valence-corrected chi connectivity index (χ2v) is 9.01. The summed E-state index contributed by atoms with van der Waals surface area (Å²) in [5, 5.41) is 2.57. The second kappa shape index (κ2) is 14.0. The van der Waals surface area contributed by atoms with E-state index in [0.29, 0.717) is 0 Å². The number of alkyl carbamates (subject to hydrolysis) is 1. The van der Waals surface area contributed by atoms with Crippen LogP contribution >= 0.6 is 0 Å². The van der Waals surface area contributed by atoms with Crippen molar-refractivity contribution in [1.29, 1.82) is 0 Å². The zero-order chi connectivity index (χ0) is 20.0. The third kappa shape index (κ3) is 12.8. The zero-order valence-electron chi connectivity index (χ0n) is 17.0. The summed E-state index contributed by atoms with van der Waals surface area (Å²) in [6.45, 7) is 2.14. The number of ether oxygens (including phenoxy) is 1. The van der Waals surface area contributed by atoms with Crippen molar-refractivity contribution in [3.05, 3.63) is 12.2 Å². The maximum absolute atomic E-state index is 11.4. The van der Waals surface area contributed by atoms with Crippen LogP contribution in [0.25, 0.3) is 0 Å². The predicted molar refractivity (Wildman–Crippen MR) is 108 cm³/mol. The van der Waals surface area contributed by atoms with Crippen molar-refractivity contribution in [2.45, 2.75) is 96.1 Å². The molecule has 0 spiro atoms. The van der Waals surface area contributed by atoms with E-state index >= 15 is 0 Å². The van der Waals surface area contributed by atoms with E-state index in [4.69, 9.17) is 8.92 Å². The zero-order valence-corrected chi connectivity index (χ0v) is 17.8. The molecule has 1 aliphatic heterocycles. The fraction of sp³-hybridized carbons (Fsp3) is 0.850. The molecule has 1 fully saturated rings. The second-order valence-electron chi connectivity index (χ2n) is 7.36. The maximum Gasteiger partial charge on any atom is 0.408 e. The topological polar surface area (TPSA) is 81.7 Å². The SMILES string of the molecule is CCCCCCCCCCCCC/C=C/[C@@H]1OC(=O)N[C@H]1COS(C)(=O)=O. The Kier molecular flexibility index (Phi) is 12.4. The summed E-state index contributed by atoms with van der Waals surface area (Å²) in [7, 11) is -3.53. The van der Waals surface area contributed by atoms with Crippen LogP contribution in [0, 0.1) is 0 Å². The number of hydrogen-bond donors (Lipinski definition) is 1. The number of hydrogen-bond acceptors (Lipinski definition) is 5. The minimum atomic E-state index is -3.53. The number of nitrogens with one attached hydrogen (secondary N) is 1. The molecule has 1 amide bonds. The lowest BCUT2D eigenvalue weighted by molar-refractivity contribution is 0.147. The summed E-state index contributed by atoms with van der Waals surface area (Å²) >= 11 is 0. The number of cyclic esters (lactones) is 1. The Bertz CT molecular complexity index is 532. The molecule has 1 N–H and O–H groups in total. The molecular formula is C20H37NO5S. The Morgan fingerprint density at radius 1 is 1.00 bits per heavy atom. The molecule has 1 aliphatic rings. The number of carbonyl (C=O) groups excluding carboxylic acids is 1.